The summed E-state index contributed by atoms with van der Waals surface area (Å²) in [5.41, 5.74) is 1.28. The first-order chi connectivity index (χ1) is 10.6. The van der Waals surface area contributed by atoms with Gasteiger partial charge in [-0.25, -0.2) is 4.99 Å². The van der Waals surface area contributed by atoms with Crippen molar-refractivity contribution < 1.29 is 9.53 Å². The summed E-state index contributed by atoms with van der Waals surface area (Å²) >= 11 is 0. The van der Waals surface area contributed by atoms with E-state index in [1.807, 2.05) is 38.1 Å². The van der Waals surface area contributed by atoms with Crippen LogP contribution in [0, 0.1) is 5.92 Å². The third-order valence-corrected chi connectivity index (χ3v) is 4.61. The maximum absolute atomic E-state index is 12.7. The number of benzene rings is 1. The summed E-state index contributed by atoms with van der Waals surface area (Å²) in [6.45, 7) is 3.89. The number of carbonyl (C=O) groups excluding carboxylic acids is 1. The van der Waals surface area contributed by atoms with E-state index >= 15 is 0 Å². The summed E-state index contributed by atoms with van der Waals surface area (Å²) in [6.07, 6.45) is 7.46. The molecule has 118 valence electrons. The van der Waals surface area contributed by atoms with Crippen LogP contribution in [0.5, 0.6) is 5.75 Å². The van der Waals surface area contributed by atoms with Crippen molar-refractivity contribution in [3.8, 4) is 5.75 Å². The Balaban J connectivity index is 1.80. The second-order valence-corrected chi connectivity index (χ2v) is 6.94. The average Bonchev–Trinajstić information content (AvgIpc) is 2.75. The number of aliphatic imine (C=N–C) groups is 1. The van der Waals surface area contributed by atoms with Crippen LogP contribution >= 0.6 is 0 Å². The summed E-state index contributed by atoms with van der Waals surface area (Å²) in [5.74, 6) is 1.42. The van der Waals surface area contributed by atoms with Gasteiger partial charge in [0.25, 0.3) is 0 Å². The van der Waals surface area contributed by atoms with Crippen LogP contribution in [0.3, 0.4) is 0 Å². The lowest BCUT2D eigenvalue weighted by Gasteiger charge is -2.30. The van der Waals surface area contributed by atoms with Gasteiger partial charge in [0.05, 0.1) is 5.71 Å². The van der Waals surface area contributed by atoms with Gasteiger partial charge in [-0.3, -0.25) is 4.79 Å². The maximum Gasteiger partial charge on any atom is 0.194 e. The number of Topliss-reactive ketones (excluding diaryl/α,β-unsaturated/α-hetero) is 1. The van der Waals surface area contributed by atoms with Crippen LogP contribution in [0.1, 0.15) is 64.4 Å². The van der Waals surface area contributed by atoms with E-state index in [4.69, 9.17) is 4.74 Å². The summed E-state index contributed by atoms with van der Waals surface area (Å²) < 4.78 is 5.90. The Kier molecular flexibility index (Phi) is 4.32. The topological polar surface area (TPSA) is 38.7 Å². The van der Waals surface area contributed by atoms with Crippen LogP contribution in [0.4, 0.5) is 0 Å². The molecule has 0 bridgehead atoms. The number of hydrogen-bond acceptors (Lipinski definition) is 3. The van der Waals surface area contributed by atoms with E-state index < -0.39 is 5.72 Å². The molecule has 0 unspecified atom stereocenters. The number of fused-ring (bicyclic) bond motifs is 1. The fraction of sp³-hybridized carbons (Fsp3) is 0.579. The third-order valence-electron chi connectivity index (χ3n) is 4.61. The van der Waals surface area contributed by atoms with Crippen LogP contribution in [-0.2, 0) is 4.79 Å². The normalized spacial score (nSPS) is 21.3. The molecule has 0 atom stereocenters. The van der Waals surface area contributed by atoms with Gasteiger partial charge in [0.2, 0.25) is 0 Å². The van der Waals surface area contributed by atoms with Gasteiger partial charge in [-0.1, -0.05) is 37.8 Å². The Hall–Kier alpha value is -1.64. The molecule has 3 nitrogen and oxygen atoms in total. The zero-order chi connectivity index (χ0) is 15.6. The molecule has 3 heteroatoms. The van der Waals surface area contributed by atoms with Crippen molar-refractivity contribution in [3.63, 3.8) is 0 Å². The van der Waals surface area contributed by atoms with Crippen molar-refractivity contribution in [2.24, 2.45) is 10.9 Å². The molecule has 0 saturated heterocycles. The van der Waals surface area contributed by atoms with E-state index in [9.17, 15) is 4.79 Å². The number of para-hydroxylation sites is 1. The fourth-order valence-electron chi connectivity index (χ4n) is 3.52. The van der Waals surface area contributed by atoms with Crippen LogP contribution in [-0.4, -0.2) is 17.2 Å². The predicted octanol–water partition coefficient (Wildman–Crippen LogP) is 4.53. The van der Waals surface area contributed by atoms with Crippen LogP contribution in [0.25, 0.3) is 0 Å². The van der Waals surface area contributed by atoms with E-state index in [2.05, 4.69) is 4.99 Å². The lowest BCUT2D eigenvalue weighted by atomic mass is 9.90. The van der Waals surface area contributed by atoms with Gasteiger partial charge in [-0.05, 0) is 38.8 Å². The van der Waals surface area contributed by atoms with Gasteiger partial charge in [0.1, 0.15) is 11.5 Å². The standard InChI is InChI=1S/C19H25NO2/c1-19(2)20-16(15-11-7-8-12-18(15)22-19)13-17(21)14-9-5-3-4-6-10-14/h7-8,11-12,14H,3-6,9-10,13H2,1-2H3. The molecule has 0 amide bonds. The molecule has 0 spiro atoms. The minimum Gasteiger partial charge on any atom is -0.466 e. The Morgan fingerprint density at radius 1 is 1.18 bits per heavy atom. The van der Waals surface area contributed by atoms with E-state index in [0.717, 1.165) is 29.9 Å². The van der Waals surface area contributed by atoms with Gasteiger partial charge in [0.15, 0.2) is 5.72 Å². The molecule has 2 aliphatic rings. The second-order valence-electron chi connectivity index (χ2n) is 6.94. The SMILES string of the molecule is CC1(C)N=C(CC(=O)C2CCCCCC2)c2ccccc2O1. The lowest BCUT2D eigenvalue weighted by molar-refractivity contribution is -0.122. The minimum absolute atomic E-state index is 0.225. The molecule has 1 aliphatic heterocycles. The van der Waals surface area contributed by atoms with Gasteiger partial charge < -0.3 is 4.74 Å². The van der Waals surface area contributed by atoms with E-state index in [1.54, 1.807) is 0 Å². The van der Waals surface area contributed by atoms with Crippen molar-refractivity contribution in [2.45, 2.75) is 64.5 Å². The van der Waals surface area contributed by atoms with E-state index in [-0.39, 0.29) is 5.92 Å². The average molecular weight is 299 g/mol. The summed E-state index contributed by atoms with van der Waals surface area (Å²) in [5, 5.41) is 0. The molecule has 1 heterocycles. The van der Waals surface area contributed by atoms with Crippen molar-refractivity contribution in [1.29, 1.82) is 0 Å². The molecule has 22 heavy (non-hydrogen) atoms. The van der Waals surface area contributed by atoms with Crippen molar-refractivity contribution in [2.75, 3.05) is 0 Å². The number of carbonyl (C=O) groups is 1. The number of hydrogen-bond donors (Lipinski definition) is 0. The molecule has 0 aromatic heterocycles. The highest BCUT2D eigenvalue weighted by Gasteiger charge is 2.30. The number of rotatable bonds is 3. The number of ketones is 1. The quantitative estimate of drug-likeness (QED) is 0.769. The third kappa shape index (κ3) is 3.40. The molecule has 1 aromatic carbocycles. The van der Waals surface area contributed by atoms with E-state index in [1.165, 1.54) is 25.7 Å². The molecule has 1 aliphatic carbocycles. The fourth-order valence-corrected chi connectivity index (χ4v) is 3.52. The Bertz CT molecular complexity index is 581. The van der Waals surface area contributed by atoms with Gasteiger partial charge in [-0.15, -0.1) is 0 Å². The van der Waals surface area contributed by atoms with Crippen LogP contribution in [0.15, 0.2) is 29.3 Å². The van der Waals surface area contributed by atoms with Gasteiger partial charge in [0, 0.05) is 17.9 Å². The molecule has 1 saturated carbocycles. The first-order valence-corrected chi connectivity index (χ1v) is 8.45. The van der Waals surface area contributed by atoms with Gasteiger partial charge in [-0.2, -0.15) is 0 Å². The van der Waals surface area contributed by atoms with Crippen LogP contribution in [0.2, 0.25) is 0 Å². The molecule has 1 aromatic rings. The summed E-state index contributed by atoms with van der Waals surface area (Å²) in [6, 6.07) is 7.91. The summed E-state index contributed by atoms with van der Waals surface area (Å²) in [7, 11) is 0. The first kappa shape index (κ1) is 15.3. The zero-order valence-corrected chi connectivity index (χ0v) is 13.6. The number of nitrogens with zero attached hydrogens (tertiary/aromatic N) is 1. The monoisotopic (exact) mass is 299 g/mol. The Morgan fingerprint density at radius 2 is 1.86 bits per heavy atom. The number of ether oxygens (including phenoxy) is 1. The Labute approximate surface area is 132 Å². The van der Waals surface area contributed by atoms with Crippen molar-refractivity contribution >= 4 is 11.5 Å². The molecule has 0 radical (unpaired) electrons. The summed E-state index contributed by atoms with van der Waals surface area (Å²) in [4.78, 5) is 17.4. The highest BCUT2D eigenvalue weighted by molar-refractivity contribution is 6.13. The zero-order valence-electron chi connectivity index (χ0n) is 13.6. The minimum atomic E-state index is -0.590. The molecule has 3 rings (SSSR count). The van der Waals surface area contributed by atoms with E-state index in [0.29, 0.717) is 12.2 Å². The van der Waals surface area contributed by atoms with Gasteiger partial charge >= 0.3 is 0 Å². The highest BCUT2D eigenvalue weighted by Crippen LogP contribution is 2.32. The van der Waals surface area contributed by atoms with Crippen molar-refractivity contribution in [1.82, 2.24) is 0 Å². The molecular weight excluding hydrogens is 274 g/mol. The largest absolute Gasteiger partial charge is 0.466 e. The second kappa shape index (κ2) is 6.23. The van der Waals surface area contributed by atoms with Crippen LogP contribution < -0.4 is 4.74 Å². The molecular formula is C19H25NO2. The molecule has 0 N–H and O–H groups in total. The Morgan fingerprint density at radius 3 is 2.59 bits per heavy atom. The maximum atomic E-state index is 12.7. The first-order valence-electron chi connectivity index (χ1n) is 8.45. The predicted molar refractivity (Wildman–Crippen MR) is 88.5 cm³/mol. The lowest BCUT2D eigenvalue weighted by Crippen LogP contribution is -2.33. The van der Waals surface area contributed by atoms with Crippen molar-refractivity contribution in [3.05, 3.63) is 29.8 Å². The molecule has 1 fully saturated rings. The highest BCUT2D eigenvalue weighted by atomic mass is 16.5. The smallest absolute Gasteiger partial charge is 0.194 e.